The number of hydrogen-bond acceptors (Lipinski definition) is 2. The van der Waals surface area contributed by atoms with Crippen molar-refractivity contribution in [1.82, 2.24) is 5.32 Å². The van der Waals surface area contributed by atoms with E-state index in [0.29, 0.717) is 12.1 Å². The number of aliphatic hydroxyl groups is 1. The molecule has 0 heterocycles. The second kappa shape index (κ2) is 6.15. The van der Waals surface area contributed by atoms with Crippen LogP contribution >= 0.6 is 0 Å². The van der Waals surface area contributed by atoms with Gasteiger partial charge in [0.15, 0.2) is 0 Å². The summed E-state index contributed by atoms with van der Waals surface area (Å²) < 4.78 is 50.8. The van der Waals surface area contributed by atoms with Crippen molar-refractivity contribution in [2.75, 3.05) is 13.2 Å². The molecule has 0 spiro atoms. The summed E-state index contributed by atoms with van der Waals surface area (Å²) in [5.41, 5.74) is -0.958. The van der Waals surface area contributed by atoms with Crippen molar-refractivity contribution in [2.45, 2.75) is 25.6 Å². The molecule has 18 heavy (non-hydrogen) atoms. The molecule has 0 saturated heterocycles. The van der Waals surface area contributed by atoms with Crippen LogP contribution in [0.2, 0.25) is 0 Å². The molecule has 0 bridgehead atoms. The Morgan fingerprint density at radius 2 is 2.00 bits per heavy atom. The predicted octanol–water partition coefficient (Wildman–Crippen LogP) is 2.88. The number of benzene rings is 1. The lowest BCUT2D eigenvalue weighted by atomic mass is 10.0. The molecule has 0 aliphatic rings. The summed E-state index contributed by atoms with van der Waals surface area (Å²) in [5, 5.41) is 11.8. The summed E-state index contributed by atoms with van der Waals surface area (Å²) in [6.07, 6.45) is -4.44. The third kappa shape index (κ3) is 3.68. The van der Waals surface area contributed by atoms with Crippen molar-refractivity contribution in [1.29, 1.82) is 0 Å². The summed E-state index contributed by atoms with van der Waals surface area (Å²) in [6, 6.07) is 2.48. The number of nitrogens with one attached hydrogen (secondary N) is 1. The number of alkyl halides is 3. The SMILES string of the molecule is CCNC(CCO)c1ccc(F)c(C(F)(F)F)c1. The fraction of sp³-hybridized carbons (Fsp3) is 0.500. The van der Waals surface area contributed by atoms with Gasteiger partial charge in [0.25, 0.3) is 0 Å². The van der Waals surface area contributed by atoms with Crippen molar-refractivity contribution in [2.24, 2.45) is 0 Å². The van der Waals surface area contributed by atoms with Crippen molar-refractivity contribution >= 4 is 0 Å². The third-order valence-electron chi connectivity index (χ3n) is 2.57. The quantitative estimate of drug-likeness (QED) is 0.802. The zero-order chi connectivity index (χ0) is 13.8. The van der Waals surface area contributed by atoms with Gasteiger partial charge in [-0.25, -0.2) is 4.39 Å². The molecule has 1 unspecified atom stereocenters. The van der Waals surface area contributed by atoms with Crippen LogP contribution in [0.3, 0.4) is 0 Å². The monoisotopic (exact) mass is 265 g/mol. The van der Waals surface area contributed by atoms with Crippen LogP contribution in [-0.4, -0.2) is 18.3 Å². The summed E-state index contributed by atoms with van der Waals surface area (Å²) in [4.78, 5) is 0. The van der Waals surface area contributed by atoms with E-state index in [1.54, 1.807) is 6.92 Å². The van der Waals surface area contributed by atoms with Crippen LogP contribution in [0, 0.1) is 5.82 Å². The van der Waals surface area contributed by atoms with Crippen LogP contribution in [0.15, 0.2) is 18.2 Å². The number of rotatable bonds is 5. The molecule has 6 heteroatoms. The molecule has 1 aromatic rings. The molecule has 0 radical (unpaired) electrons. The highest BCUT2D eigenvalue weighted by molar-refractivity contribution is 5.29. The highest BCUT2D eigenvalue weighted by Gasteiger charge is 2.34. The molecule has 102 valence electrons. The maximum absolute atomic E-state index is 13.1. The average molecular weight is 265 g/mol. The van der Waals surface area contributed by atoms with E-state index < -0.39 is 23.6 Å². The first kappa shape index (κ1) is 14.9. The standard InChI is InChI=1S/C12H15F4NO/c1-2-17-11(5-6-18)8-3-4-10(13)9(7-8)12(14,15)16/h3-4,7,11,17-18H,2,5-6H2,1H3. The molecular formula is C12H15F4NO. The molecule has 1 aromatic carbocycles. The van der Waals surface area contributed by atoms with Gasteiger partial charge in [0.05, 0.1) is 5.56 Å². The summed E-state index contributed by atoms with van der Waals surface area (Å²) in [5.74, 6) is -1.29. The highest BCUT2D eigenvalue weighted by atomic mass is 19.4. The predicted molar refractivity (Wildman–Crippen MR) is 59.5 cm³/mol. The maximum Gasteiger partial charge on any atom is 0.419 e. The van der Waals surface area contributed by atoms with E-state index in [-0.39, 0.29) is 13.0 Å². The number of hydrogen-bond donors (Lipinski definition) is 2. The van der Waals surface area contributed by atoms with E-state index in [1.165, 1.54) is 6.07 Å². The second-order valence-electron chi connectivity index (χ2n) is 3.86. The average Bonchev–Trinajstić information content (AvgIpc) is 2.28. The fourth-order valence-corrected chi connectivity index (χ4v) is 1.74. The van der Waals surface area contributed by atoms with Gasteiger partial charge in [-0.3, -0.25) is 0 Å². The van der Waals surface area contributed by atoms with E-state index in [4.69, 9.17) is 5.11 Å². The highest BCUT2D eigenvalue weighted by Crippen LogP contribution is 2.33. The minimum Gasteiger partial charge on any atom is -0.396 e. The lowest BCUT2D eigenvalue weighted by Gasteiger charge is -2.19. The van der Waals surface area contributed by atoms with E-state index in [9.17, 15) is 17.6 Å². The Morgan fingerprint density at radius 3 is 2.50 bits per heavy atom. The zero-order valence-electron chi connectivity index (χ0n) is 9.89. The summed E-state index contributed by atoms with van der Waals surface area (Å²) >= 11 is 0. The van der Waals surface area contributed by atoms with Crippen LogP contribution in [0.5, 0.6) is 0 Å². The van der Waals surface area contributed by atoms with Gasteiger partial charge < -0.3 is 10.4 Å². The van der Waals surface area contributed by atoms with Gasteiger partial charge in [0, 0.05) is 12.6 Å². The van der Waals surface area contributed by atoms with E-state index >= 15 is 0 Å². The molecule has 0 fully saturated rings. The maximum atomic E-state index is 13.1. The molecule has 0 saturated carbocycles. The van der Waals surface area contributed by atoms with Crippen LogP contribution in [0.1, 0.15) is 30.5 Å². The van der Waals surface area contributed by atoms with Crippen molar-refractivity contribution in [3.05, 3.63) is 35.1 Å². The summed E-state index contributed by atoms with van der Waals surface area (Å²) in [6.45, 7) is 2.19. The zero-order valence-corrected chi connectivity index (χ0v) is 9.89. The van der Waals surface area contributed by atoms with Gasteiger partial charge in [-0.1, -0.05) is 13.0 Å². The van der Waals surface area contributed by atoms with Gasteiger partial charge >= 0.3 is 6.18 Å². The second-order valence-corrected chi connectivity index (χ2v) is 3.86. The minimum absolute atomic E-state index is 0.156. The largest absolute Gasteiger partial charge is 0.419 e. The molecule has 2 N–H and O–H groups in total. The lowest BCUT2D eigenvalue weighted by molar-refractivity contribution is -0.140. The molecule has 0 aromatic heterocycles. The van der Waals surface area contributed by atoms with Crippen LogP contribution < -0.4 is 5.32 Å². The molecule has 0 amide bonds. The first-order chi connectivity index (χ1) is 8.40. The van der Waals surface area contributed by atoms with Crippen molar-refractivity contribution in [3.63, 3.8) is 0 Å². The van der Waals surface area contributed by atoms with E-state index in [1.807, 2.05) is 0 Å². The van der Waals surface area contributed by atoms with Crippen LogP contribution in [0.4, 0.5) is 17.6 Å². The van der Waals surface area contributed by atoms with Gasteiger partial charge in [-0.05, 0) is 30.7 Å². The first-order valence-corrected chi connectivity index (χ1v) is 5.61. The molecule has 2 nitrogen and oxygen atoms in total. The van der Waals surface area contributed by atoms with Gasteiger partial charge in [0.1, 0.15) is 5.82 Å². The Hall–Kier alpha value is -1.14. The molecular weight excluding hydrogens is 250 g/mol. The molecule has 0 aliphatic carbocycles. The van der Waals surface area contributed by atoms with E-state index in [0.717, 1.165) is 12.1 Å². The minimum atomic E-state index is -4.71. The molecule has 1 atom stereocenters. The summed E-state index contributed by atoms with van der Waals surface area (Å²) in [7, 11) is 0. The van der Waals surface area contributed by atoms with Crippen molar-refractivity contribution in [3.8, 4) is 0 Å². The fourth-order valence-electron chi connectivity index (χ4n) is 1.74. The number of aliphatic hydroxyl groups excluding tert-OH is 1. The van der Waals surface area contributed by atoms with Crippen LogP contribution in [0.25, 0.3) is 0 Å². The Labute approximate surface area is 103 Å². The van der Waals surface area contributed by atoms with E-state index in [2.05, 4.69) is 5.32 Å². The Morgan fingerprint density at radius 1 is 1.33 bits per heavy atom. The lowest BCUT2D eigenvalue weighted by Crippen LogP contribution is -2.22. The first-order valence-electron chi connectivity index (χ1n) is 5.61. The molecule has 1 rings (SSSR count). The Kier molecular flexibility index (Phi) is 5.10. The smallest absolute Gasteiger partial charge is 0.396 e. The van der Waals surface area contributed by atoms with Gasteiger partial charge in [-0.2, -0.15) is 13.2 Å². The van der Waals surface area contributed by atoms with Gasteiger partial charge in [-0.15, -0.1) is 0 Å². The Balaban J connectivity index is 3.09. The topological polar surface area (TPSA) is 32.3 Å². The normalized spacial score (nSPS) is 13.7. The van der Waals surface area contributed by atoms with Gasteiger partial charge in [0.2, 0.25) is 0 Å². The molecule has 0 aliphatic heterocycles. The van der Waals surface area contributed by atoms with Crippen molar-refractivity contribution < 1.29 is 22.7 Å². The Bertz CT molecular complexity index is 386. The third-order valence-corrected chi connectivity index (χ3v) is 2.57. The van der Waals surface area contributed by atoms with Crippen LogP contribution in [-0.2, 0) is 6.18 Å². The number of halogens is 4.